The first-order chi connectivity index (χ1) is 16.5. The van der Waals surface area contributed by atoms with Gasteiger partial charge >= 0.3 is 24.2 Å². The number of likely N-dealkylation sites (tertiary alicyclic amines) is 1. The summed E-state index contributed by atoms with van der Waals surface area (Å²) in [5.41, 5.74) is 0.154. The minimum absolute atomic E-state index is 0.165. The molecule has 10 nitrogen and oxygen atoms in total. The molecule has 0 bridgehead atoms. The van der Waals surface area contributed by atoms with Gasteiger partial charge in [0.15, 0.2) is 0 Å². The molecule has 0 spiro atoms. The summed E-state index contributed by atoms with van der Waals surface area (Å²) in [6.07, 6.45) is 0.457. The molecule has 1 aliphatic heterocycles. The maximum atomic E-state index is 13.4. The Kier molecular flexibility index (Phi) is 10.1. The van der Waals surface area contributed by atoms with Crippen LogP contribution >= 0.6 is 0 Å². The molecule has 1 heterocycles. The Balaban J connectivity index is 1.92. The minimum atomic E-state index is -1.21. The van der Waals surface area contributed by atoms with Crippen LogP contribution in [0.1, 0.15) is 58.9 Å². The minimum Gasteiger partial charge on any atom is -0.459 e. The first-order valence-electron chi connectivity index (χ1n) is 12.0. The van der Waals surface area contributed by atoms with E-state index in [0.717, 1.165) is 5.56 Å². The number of nitrogens with zero attached hydrogens (tertiary/aromatic N) is 2. The van der Waals surface area contributed by atoms with Crippen molar-refractivity contribution in [3.05, 3.63) is 35.9 Å². The summed E-state index contributed by atoms with van der Waals surface area (Å²) < 4.78 is 9.82. The maximum absolute atomic E-state index is 13.4. The Bertz CT molecular complexity index is 885. The van der Waals surface area contributed by atoms with Gasteiger partial charge in [0.05, 0.1) is 6.54 Å². The molecule has 2 rings (SSSR count). The molecule has 1 aromatic rings. The van der Waals surface area contributed by atoms with Gasteiger partial charge in [0.25, 0.3) is 0 Å². The molecule has 1 aliphatic rings. The molecule has 194 valence electrons. The van der Waals surface area contributed by atoms with Gasteiger partial charge in [0.1, 0.15) is 24.8 Å². The summed E-state index contributed by atoms with van der Waals surface area (Å²) in [6, 6.07) is 8.32. The number of benzene rings is 1. The van der Waals surface area contributed by atoms with E-state index in [-0.39, 0.29) is 32.3 Å². The van der Waals surface area contributed by atoms with Crippen LogP contribution in [0.2, 0.25) is 0 Å². The normalized spacial score (nSPS) is 19.6. The average Bonchev–Trinajstić information content (AvgIpc) is 3.18. The fourth-order valence-corrected chi connectivity index (χ4v) is 4.14. The molecule has 1 aromatic carbocycles. The summed E-state index contributed by atoms with van der Waals surface area (Å²) in [7, 11) is 0. The van der Waals surface area contributed by atoms with E-state index in [0.29, 0.717) is 32.2 Å². The second kappa shape index (κ2) is 12.5. The average molecular weight is 493 g/mol. The maximum Gasteiger partial charge on any atom is 0.523 e. The number of esters is 1. The molecule has 0 aromatic heterocycles. The number of carboxylic acid groups (broad SMARTS) is 1. The van der Waals surface area contributed by atoms with Crippen molar-refractivity contribution in [2.24, 2.45) is 0 Å². The zero-order valence-electron chi connectivity index (χ0n) is 21.1. The number of carbonyl (C=O) groups is 4. The number of imide groups is 1. The van der Waals surface area contributed by atoms with Crippen LogP contribution in [-0.2, 0) is 20.9 Å². The Morgan fingerprint density at radius 2 is 1.83 bits per heavy atom. The first-order valence-corrected chi connectivity index (χ1v) is 12.0. The fraction of sp³-hybridized carbons (Fsp3) is 0.600. The topological polar surface area (TPSA) is 122 Å². The Morgan fingerprint density at radius 3 is 2.40 bits per heavy atom. The Hall–Kier alpha value is -3.14. The summed E-state index contributed by atoms with van der Waals surface area (Å²) in [6.45, 7) is 7.44. The SMILES string of the molecule is C[C@@H]1CCC[N+]1(C(=O)O)C(=O)N(CCCCNC(=O)OCc1ccccc1)CC(=O)OC(C)(C)C. The molecule has 1 saturated heterocycles. The van der Waals surface area contributed by atoms with Crippen LogP contribution in [0.5, 0.6) is 0 Å². The molecule has 2 N–H and O–H groups in total. The van der Waals surface area contributed by atoms with Crippen molar-refractivity contribution in [3.8, 4) is 0 Å². The Labute approximate surface area is 206 Å². The molecule has 4 amide bonds. The fourth-order valence-electron chi connectivity index (χ4n) is 4.14. The molecule has 0 aliphatic carbocycles. The van der Waals surface area contributed by atoms with Crippen LogP contribution in [0.3, 0.4) is 0 Å². The highest BCUT2D eigenvalue weighted by molar-refractivity contribution is 5.83. The van der Waals surface area contributed by atoms with Gasteiger partial charge < -0.3 is 19.9 Å². The molecule has 1 unspecified atom stereocenters. The van der Waals surface area contributed by atoms with Gasteiger partial charge in [-0.2, -0.15) is 4.79 Å². The van der Waals surface area contributed by atoms with Gasteiger partial charge in [0, 0.05) is 25.9 Å². The summed E-state index contributed by atoms with van der Waals surface area (Å²) in [5.74, 6) is -0.594. The summed E-state index contributed by atoms with van der Waals surface area (Å²) in [5, 5.41) is 12.6. The zero-order chi connectivity index (χ0) is 26.1. The van der Waals surface area contributed by atoms with Gasteiger partial charge in [-0.3, -0.25) is 9.69 Å². The van der Waals surface area contributed by atoms with Crippen molar-refractivity contribution >= 4 is 24.2 Å². The number of carbonyl (C=O) groups excluding carboxylic acids is 3. The second-order valence-corrected chi connectivity index (χ2v) is 9.85. The number of amides is 4. The molecule has 35 heavy (non-hydrogen) atoms. The molecule has 10 heteroatoms. The number of urea groups is 1. The number of alkyl carbamates (subject to hydrolysis) is 1. The van der Waals surface area contributed by atoms with Gasteiger partial charge in [-0.1, -0.05) is 30.3 Å². The number of nitrogens with one attached hydrogen (secondary N) is 1. The van der Waals surface area contributed by atoms with Crippen molar-refractivity contribution in [1.82, 2.24) is 10.2 Å². The van der Waals surface area contributed by atoms with E-state index in [9.17, 15) is 24.3 Å². The van der Waals surface area contributed by atoms with Crippen molar-refractivity contribution in [3.63, 3.8) is 0 Å². The number of rotatable bonds is 9. The van der Waals surface area contributed by atoms with E-state index < -0.39 is 34.3 Å². The smallest absolute Gasteiger partial charge is 0.459 e. The number of hydrogen-bond acceptors (Lipinski definition) is 6. The predicted octanol–water partition coefficient (Wildman–Crippen LogP) is 4.13. The third kappa shape index (κ3) is 8.24. The van der Waals surface area contributed by atoms with E-state index in [4.69, 9.17) is 9.47 Å². The van der Waals surface area contributed by atoms with Crippen LogP contribution in [0, 0.1) is 0 Å². The van der Waals surface area contributed by atoms with Crippen molar-refractivity contribution in [2.45, 2.75) is 71.6 Å². The molecule has 2 atom stereocenters. The monoisotopic (exact) mass is 492 g/mol. The first kappa shape index (κ1) is 28.1. The van der Waals surface area contributed by atoms with E-state index in [1.807, 2.05) is 30.3 Å². The van der Waals surface area contributed by atoms with E-state index in [1.165, 1.54) is 4.90 Å². The van der Waals surface area contributed by atoms with Crippen LogP contribution in [0.25, 0.3) is 0 Å². The molecule has 0 saturated carbocycles. The number of hydrogen-bond donors (Lipinski definition) is 2. The van der Waals surface area contributed by atoms with Gasteiger partial charge in [-0.25, -0.2) is 9.59 Å². The van der Waals surface area contributed by atoms with Gasteiger partial charge in [-0.05, 0) is 46.1 Å². The van der Waals surface area contributed by atoms with Gasteiger partial charge in [0.2, 0.25) is 0 Å². The molecule has 1 fully saturated rings. The van der Waals surface area contributed by atoms with E-state index in [1.54, 1.807) is 27.7 Å². The van der Waals surface area contributed by atoms with Crippen LogP contribution < -0.4 is 5.32 Å². The van der Waals surface area contributed by atoms with Crippen molar-refractivity contribution in [1.29, 1.82) is 0 Å². The standard InChI is InChI=1S/C25H37N3O7/c1-19-11-10-16-28(19,24(32)33)23(31)27(17-21(29)35-25(2,3)4)15-9-8-14-26-22(30)34-18-20-12-6-5-7-13-20/h5-7,12-13,19H,8-11,14-18H2,1-4H3,(H-,26,30,32,33)/p+1/t19-,28?/m1/s1. The van der Waals surface area contributed by atoms with Crippen molar-refractivity contribution in [2.75, 3.05) is 26.2 Å². The summed E-state index contributed by atoms with van der Waals surface area (Å²) >= 11 is 0. The van der Waals surface area contributed by atoms with Gasteiger partial charge in [-0.15, -0.1) is 4.48 Å². The molecular weight excluding hydrogens is 454 g/mol. The lowest BCUT2D eigenvalue weighted by molar-refractivity contribution is -0.791. The lowest BCUT2D eigenvalue weighted by atomic mass is 10.2. The number of ether oxygens (including phenoxy) is 2. The highest BCUT2D eigenvalue weighted by Crippen LogP contribution is 2.29. The van der Waals surface area contributed by atoms with E-state index >= 15 is 0 Å². The largest absolute Gasteiger partial charge is 0.523 e. The quantitative estimate of drug-likeness (QED) is 0.302. The van der Waals surface area contributed by atoms with E-state index in [2.05, 4.69) is 5.32 Å². The molecular formula is C25H38N3O7+. The number of unbranched alkanes of at least 4 members (excludes halogenated alkanes) is 1. The lowest BCUT2D eigenvalue weighted by Gasteiger charge is -2.34. The third-order valence-electron chi connectivity index (χ3n) is 5.92. The number of quaternary nitrogens is 1. The van der Waals surface area contributed by atoms with Crippen LogP contribution in [0.4, 0.5) is 14.4 Å². The highest BCUT2D eigenvalue weighted by Gasteiger charge is 2.55. The van der Waals surface area contributed by atoms with Crippen molar-refractivity contribution < 1.29 is 38.2 Å². The highest BCUT2D eigenvalue weighted by atomic mass is 16.6. The zero-order valence-corrected chi connectivity index (χ0v) is 21.1. The third-order valence-corrected chi connectivity index (χ3v) is 5.92. The predicted molar refractivity (Wildman–Crippen MR) is 129 cm³/mol. The lowest BCUT2D eigenvalue weighted by Crippen LogP contribution is -2.63. The van der Waals surface area contributed by atoms with Crippen LogP contribution in [-0.4, -0.2) is 76.5 Å². The van der Waals surface area contributed by atoms with Crippen LogP contribution in [0.15, 0.2) is 30.3 Å². The Morgan fingerprint density at radius 1 is 1.14 bits per heavy atom. The summed E-state index contributed by atoms with van der Waals surface area (Å²) in [4.78, 5) is 51.2. The second-order valence-electron chi connectivity index (χ2n) is 9.85. The molecule has 0 radical (unpaired) electrons.